The lowest BCUT2D eigenvalue weighted by Gasteiger charge is -2.25. The molecule has 1 aromatic rings. The first-order valence-corrected chi connectivity index (χ1v) is 8.41. The van der Waals surface area contributed by atoms with Gasteiger partial charge in [-0.15, -0.1) is 4.73 Å². The van der Waals surface area contributed by atoms with Crippen LogP contribution in [0.2, 0.25) is 0 Å². The molecular weight excluding hydrogens is 297 g/mol. The molecule has 1 aliphatic rings. The molecule has 0 spiro atoms. The van der Waals surface area contributed by atoms with Crippen molar-refractivity contribution in [1.82, 2.24) is 4.73 Å². The van der Waals surface area contributed by atoms with Crippen molar-refractivity contribution in [3.05, 3.63) is 33.7 Å². The number of phosphoric acid groups is 1. The van der Waals surface area contributed by atoms with Crippen LogP contribution in [0.4, 0.5) is 0 Å². The number of phosphoric ester groups is 1. The van der Waals surface area contributed by atoms with Crippen LogP contribution in [-0.2, 0) is 9.09 Å². The van der Waals surface area contributed by atoms with E-state index in [1.165, 1.54) is 12.5 Å². The molecule has 0 amide bonds. The monoisotopic (exact) mass is 316 g/mol. The van der Waals surface area contributed by atoms with Gasteiger partial charge in [-0.05, 0) is 31.4 Å². The van der Waals surface area contributed by atoms with E-state index >= 15 is 0 Å². The third-order valence-electron chi connectivity index (χ3n) is 3.58. The van der Waals surface area contributed by atoms with Gasteiger partial charge in [-0.1, -0.05) is 19.3 Å². The van der Waals surface area contributed by atoms with Crippen LogP contribution in [0.5, 0.6) is 0 Å². The molecule has 0 aliphatic heterocycles. The van der Waals surface area contributed by atoms with E-state index < -0.39 is 14.6 Å². The van der Waals surface area contributed by atoms with Crippen LogP contribution in [0.25, 0.3) is 0 Å². The van der Waals surface area contributed by atoms with Gasteiger partial charge >= 0.3 is 0 Å². The van der Waals surface area contributed by atoms with Gasteiger partial charge in [0.05, 0.1) is 5.69 Å². The number of aryl methyl sites for hydroxylation is 1. The zero-order chi connectivity index (χ0) is 15.5. The SMILES string of the molecule is Cc1cc(C2CCCCC2)n(OCOP(=O)([O-])O)c(=O)c1. The molecule has 0 aromatic carbocycles. The Morgan fingerprint density at radius 3 is 2.67 bits per heavy atom. The third-order valence-corrected chi connectivity index (χ3v) is 4.01. The van der Waals surface area contributed by atoms with Crippen molar-refractivity contribution < 1.29 is 23.7 Å². The lowest BCUT2D eigenvalue weighted by molar-refractivity contribution is -0.227. The summed E-state index contributed by atoms with van der Waals surface area (Å²) in [6, 6.07) is 3.27. The number of pyridine rings is 1. The summed E-state index contributed by atoms with van der Waals surface area (Å²) < 4.78 is 15.7. The van der Waals surface area contributed by atoms with Crippen molar-refractivity contribution >= 4 is 7.82 Å². The normalized spacial score (nSPS) is 19.2. The van der Waals surface area contributed by atoms with Crippen LogP contribution in [0.15, 0.2) is 16.9 Å². The summed E-state index contributed by atoms with van der Waals surface area (Å²) in [6.07, 6.45) is 5.30. The first kappa shape index (κ1) is 16.2. The van der Waals surface area contributed by atoms with Gasteiger partial charge in [0, 0.05) is 12.0 Å². The number of nitrogens with zero attached hydrogens (tertiary/aromatic N) is 1. The summed E-state index contributed by atoms with van der Waals surface area (Å²) in [6.45, 7) is 1.09. The molecule has 0 saturated heterocycles. The van der Waals surface area contributed by atoms with Gasteiger partial charge in [0.1, 0.15) is 0 Å². The third kappa shape index (κ3) is 4.68. The second-order valence-electron chi connectivity index (χ2n) is 5.27. The van der Waals surface area contributed by atoms with Crippen molar-refractivity contribution in [3.63, 3.8) is 0 Å². The van der Waals surface area contributed by atoms with E-state index in [1.54, 1.807) is 0 Å². The van der Waals surface area contributed by atoms with E-state index in [-0.39, 0.29) is 11.5 Å². The highest BCUT2D eigenvalue weighted by Gasteiger charge is 2.20. The number of hydrogen-bond donors (Lipinski definition) is 1. The molecule has 7 nitrogen and oxygen atoms in total. The van der Waals surface area contributed by atoms with Gasteiger partial charge < -0.3 is 14.6 Å². The largest absolute Gasteiger partial charge is 0.756 e. The van der Waals surface area contributed by atoms with Gasteiger partial charge in [-0.25, -0.2) is 0 Å². The standard InChI is InChI=1S/C13H20NO6P/c1-10-7-12(11-5-3-2-4-6-11)14(13(15)8-10)19-9-20-21(16,17)18/h7-8,11H,2-6,9H2,1H3,(H2,16,17,18)/p-1. The van der Waals surface area contributed by atoms with Gasteiger partial charge in [0.25, 0.3) is 13.4 Å². The van der Waals surface area contributed by atoms with Crippen molar-refractivity contribution in [2.45, 2.75) is 44.9 Å². The van der Waals surface area contributed by atoms with Crippen LogP contribution < -0.4 is 15.3 Å². The summed E-state index contributed by atoms with van der Waals surface area (Å²) in [5, 5.41) is 0. The van der Waals surface area contributed by atoms with Gasteiger partial charge in [-0.3, -0.25) is 13.9 Å². The molecular formula is C13H19NO6P-. The van der Waals surface area contributed by atoms with E-state index in [2.05, 4.69) is 4.52 Å². The van der Waals surface area contributed by atoms with Crippen LogP contribution in [0, 0.1) is 6.92 Å². The minimum absolute atomic E-state index is 0.208. The van der Waals surface area contributed by atoms with Crippen LogP contribution >= 0.6 is 7.82 Å². The summed E-state index contributed by atoms with van der Waals surface area (Å²) in [5.74, 6) is 0.208. The lowest BCUT2D eigenvalue weighted by Crippen LogP contribution is -2.32. The van der Waals surface area contributed by atoms with Crippen LogP contribution in [0.3, 0.4) is 0 Å². The quantitative estimate of drug-likeness (QED) is 0.644. The molecule has 2 rings (SSSR count). The molecule has 1 aromatic heterocycles. The fourth-order valence-corrected chi connectivity index (χ4v) is 2.86. The van der Waals surface area contributed by atoms with Crippen molar-refractivity contribution in [3.8, 4) is 0 Å². The second-order valence-corrected chi connectivity index (χ2v) is 6.47. The fourth-order valence-electron chi connectivity index (χ4n) is 2.68. The summed E-state index contributed by atoms with van der Waals surface area (Å²) in [7, 11) is -4.87. The summed E-state index contributed by atoms with van der Waals surface area (Å²) >= 11 is 0. The molecule has 0 radical (unpaired) electrons. The van der Waals surface area contributed by atoms with Crippen molar-refractivity contribution in [2.24, 2.45) is 0 Å². The highest BCUT2D eigenvalue weighted by Crippen LogP contribution is 2.32. The molecule has 1 atom stereocenters. The molecule has 118 valence electrons. The average molecular weight is 316 g/mol. The minimum atomic E-state index is -4.87. The van der Waals surface area contributed by atoms with E-state index in [9.17, 15) is 14.3 Å². The molecule has 21 heavy (non-hydrogen) atoms. The van der Waals surface area contributed by atoms with Crippen LogP contribution in [0.1, 0.15) is 49.3 Å². The predicted octanol–water partition coefficient (Wildman–Crippen LogP) is 1.07. The van der Waals surface area contributed by atoms with Gasteiger partial charge in [0.2, 0.25) is 6.79 Å². The minimum Gasteiger partial charge on any atom is -0.756 e. The Hall–Kier alpha value is -1.14. The van der Waals surface area contributed by atoms with E-state index in [4.69, 9.17) is 9.73 Å². The molecule has 1 N–H and O–H groups in total. The highest BCUT2D eigenvalue weighted by molar-refractivity contribution is 7.44. The maximum atomic E-state index is 12.0. The Balaban J connectivity index is 2.21. The van der Waals surface area contributed by atoms with E-state index in [0.29, 0.717) is 0 Å². The second kappa shape index (κ2) is 6.75. The summed E-state index contributed by atoms with van der Waals surface area (Å²) in [5.41, 5.74) is 1.18. The number of hydrogen-bond acceptors (Lipinski definition) is 5. The lowest BCUT2D eigenvalue weighted by atomic mass is 9.86. The Kier molecular flexibility index (Phi) is 5.22. The Morgan fingerprint density at radius 2 is 2.05 bits per heavy atom. The number of aromatic nitrogens is 1. The molecule has 0 bridgehead atoms. The first-order chi connectivity index (χ1) is 9.87. The maximum absolute atomic E-state index is 12.0. The zero-order valence-electron chi connectivity index (χ0n) is 11.9. The highest BCUT2D eigenvalue weighted by atomic mass is 31.2. The van der Waals surface area contributed by atoms with Gasteiger partial charge in [0.15, 0.2) is 0 Å². The first-order valence-electron chi connectivity index (χ1n) is 6.92. The summed E-state index contributed by atoms with van der Waals surface area (Å²) in [4.78, 5) is 36.2. The number of rotatable bonds is 5. The fraction of sp³-hybridized carbons (Fsp3) is 0.615. The Labute approximate surface area is 122 Å². The van der Waals surface area contributed by atoms with E-state index in [0.717, 1.165) is 41.7 Å². The Bertz CT molecular complexity index is 587. The Morgan fingerprint density at radius 1 is 1.38 bits per heavy atom. The molecule has 1 unspecified atom stereocenters. The zero-order valence-corrected chi connectivity index (χ0v) is 12.8. The molecule has 1 heterocycles. The van der Waals surface area contributed by atoms with Crippen LogP contribution in [-0.4, -0.2) is 16.4 Å². The maximum Gasteiger partial charge on any atom is 0.283 e. The van der Waals surface area contributed by atoms with Crippen molar-refractivity contribution in [2.75, 3.05) is 6.79 Å². The van der Waals surface area contributed by atoms with Crippen molar-refractivity contribution in [1.29, 1.82) is 0 Å². The average Bonchev–Trinajstić information content (AvgIpc) is 2.40. The molecule has 8 heteroatoms. The molecule has 1 saturated carbocycles. The van der Waals surface area contributed by atoms with Gasteiger partial charge in [-0.2, -0.15) is 0 Å². The molecule has 1 fully saturated rings. The topological polar surface area (TPSA) is 101 Å². The smallest absolute Gasteiger partial charge is 0.283 e. The predicted molar refractivity (Wildman–Crippen MR) is 73.6 cm³/mol. The van der Waals surface area contributed by atoms with E-state index in [1.807, 2.05) is 13.0 Å². The molecule has 1 aliphatic carbocycles.